The van der Waals surface area contributed by atoms with Gasteiger partial charge < -0.3 is 10.1 Å². The summed E-state index contributed by atoms with van der Waals surface area (Å²) in [5, 5.41) is 7.32. The van der Waals surface area contributed by atoms with Gasteiger partial charge in [0.2, 0.25) is 5.91 Å². The molecular formula is C13H15ClN4O2. The monoisotopic (exact) mass is 294 g/mol. The SMILES string of the molecule is COc1ccc(Cl)cc1NC(=O)C[C@H](C)n1cncn1. The summed E-state index contributed by atoms with van der Waals surface area (Å²) < 4.78 is 6.81. The van der Waals surface area contributed by atoms with Gasteiger partial charge in [0, 0.05) is 11.4 Å². The van der Waals surface area contributed by atoms with Gasteiger partial charge >= 0.3 is 0 Å². The number of carbonyl (C=O) groups is 1. The van der Waals surface area contributed by atoms with Crippen molar-refractivity contribution in [1.29, 1.82) is 0 Å². The Kier molecular flexibility index (Phi) is 4.57. The van der Waals surface area contributed by atoms with Crippen LogP contribution in [0.3, 0.4) is 0 Å². The minimum atomic E-state index is -0.145. The molecule has 0 aliphatic heterocycles. The van der Waals surface area contributed by atoms with Gasteiger partial charge in [-0.05, 0) is 25.1 Å². The Hall–Kier alpha value is -2.08. The lowest BCUT2D eigenvalue weighted by Crippen LogP contribution is -2.18. The van der Waals surface area contributed by atoms with E-state index in [1.807, 2.05) is 6.92 Å². The molecule has 0 saturated carbocycles. The lowest BCUT2D eigenvalue weighted by molar-refractivity contribution is -0.116. The second kappa shape index (κ2) is 6.38. The van der Waals surface area contributed by atoms with Crippen LogP contribution < -0.4 is 10.1 Å². The first-order valence-electron chi connectivity index (χ1n) is 6.07. The number of methoxy groups -OCH3 is 1. The van der Waals surface area contributed by atoms with Crippen LogP contribution in [-0.4, -0.2) is 27.8 Å². The van der Waals surface area contributed by atoms with Crippen LogP contribution in [0.4, 0.5) is 5.69 Å². The lowest BCUT2D eigenvalue weighted by atomic mass is 10.2. The molecule has 2 rings (SSSR count). The number of aromatic nitrogens is 3. The third-order valence-corrected chi connectivity index (χ3v) is 3.04. The van der Waals surface area contributed by atoms with Crippen molar-refractivity contribution in [3.63, 3.8) is 0 Å². The first kappa shape index (κ1) is 14.3. The number of nitrogens with one attached hydrogen (secondary N) is 1. The van der Waals surface area contributed by atoms with Gasteiger partial charge in [-0.3, -0.25) is 4.79 Å². The maximum atomic E-state index is 12.0. The molecule has 0 bridgehead atoms. The van der Waals surface area contributed by atoms with E-state index in [0.717, 1.165) is 0 Å². The molecule has 1 N–H and O–H groups in total. The molecule has 0 spiro atoms. The zero-order valence-corrected chi connectivity index (χ0v) is 12.0. The first-order valence-corrected chi connectivity index (χ1v) is 6.45. The van der Waals surface area contributed by atoms with E-state index in [0.29, 0.717) is 16.5 Å². The van der Waals surface area contributed by atoms with Crippen LogP contribution in [0.25, 0.3) is 0 Å². The summed E-state index contributed by atoms with van der Waals surface area (Å²) in [5.74, 6) is 0.421. The predicted octanol–water partition coefficient (Wildman–Crippen LogP) is 2.53. The Morgan fingerprint density at radius 2 is 2.35 bits per heavy atom. The topological polar surface area (TPSA) is 69.0 Å². The normalized spacial score (nSPS) is 11.9. The summed E-state index contributed by atoms with van der Waals surface area (Å²) in [6.45, 7) is 1.89. The number of amides is 1. The number of rotatable bonds is 5. The molecule has 20 heavy (non-hydrogen) atoms. The summed E-state index contributed by atoms with van der Waals surface area (Å²) in [7, 11) is 1.54. The number of halogens is 1. The number of nitrogens with zero attached hydrogens (tertiary/aromatic N) is 3. The number of carbonyl (C=O) groups excluding carboxylic acids is 1. The molecule has 1 amide bonds. The van der Waals surface area contributed by atoms with Crippen molar-refractivity contribution in [3.05, 3.63) is 35.9 Å². The highest BCUT2D eigenvalue weighted by atomic mass is 35.5. The second-order valence-corrected chi connectivity index (χ2v) is 4.76. The van der Waals surface area contributed by atoms with Crippen LogP contribution in [0.15, 0.2) is 30.9 Å². The van der Waals surface area contributed by atoms with E-state index in [2.05, 4.69) is 15.4 Å². The van der Waals surface area contributed by atoms with E-state index >= 15 is 0 Å². The van der Waals surface area contributed by atoms with Crippen molar-refractivity contribution in [2.24, 2.45) is 0 Å². The highest BCUT2D eigenvalue weighted by Crippen LogP contribution is 2.28. The third-order valence-electron chi connectivity index (χ3n) is 2.80. The Labute approximate surface area is 121 Å². The summed E-state index contributed by atoms with van der Waals surface area (Å²) in [5.41, 5.74) is 0.552. The first-order chi connectivity index (χ1) is 9.60. The van der Waals surface area contributed by atoms with Crippen LogP contribution in [0.5, 0.6) is 5.75 Å². The molecule has 1 aromatic carbocycles. The van der Waals surface area contributed by atoms with Crippen molar-refractivity contribution in [3.8, 4) is 5.75 Å². The average molecular weight is 295 g/mol. The van der Waals surface area contributed by atoms with Crippen molar-refractivity contribution in [2.75, 3.05) is 12.4 Å². The molecule has 0 fully saturated rings. The Balaban J connectivity index is 2.03. The van der Waals surface area contributed by atoms with Crippen LogP contribution >= 0.6 is 11.6 Å². The maximum absolute atomic E-state index is 12.0. The lowest BCUT2D eigenvalue weighted by Gasteiger charge is -2.13. The second-order valence-electron chi connectivity index (χ2n) is 4.32. The van der Waals surface area contributed by atoms with E-state index in [-0.39, 0.29) is 18.4 Å². The fourth-order valence-electron chi connectivity index (χ4n) is 1.79. The van der Waals surface area contributed by atoms with E-state index in [9.17, 15) is 4.79 Å². The fourth-order valence-corrected chi connectivity index (χ4v) is 1.96. The van der Waals surface area contributed by atoms with Crippen LogP contribution in [0.1, 0.15) is 19.4 Å². The fraction of sp³-hybridized carbons (Fsp3) is 0.308. The molecule has 0 unspecified atom stereocenters. The summed E-state index contributed by atoms with van der Waals surface area (Å²) in [6, 6.07) is 4.98. The Bertz CT molecular complexity index is 586. The molecule has 1 aromatic heterocycles. The van der Waals surface area contributed by atoms with Crippen molar-refractivity contribution in [1.82, 2.24) is 14.8 Å². The Morgan fingerprint density at radius 1 is 1.55 bits per heavy atom. The van der Waals surface area contributed by atoms with Gasteiger partial charge in [0.1, 0.15) is 18.4 Å². The quantitative estimate of drug-likeness (QED) is 0.920. The van der Waals surface area contributed by atoms with Gasteiger partial charge in [-0.1, -0.05) is 11.6 Å². The molecule has 1 atom stereocenters. The zero-order chi connectivity index (χ0) is 14.5. The van der Waals surface area contributed by atoms with Crippen molar-refractivity contribution < 1.29 is 9.53 Å². The average Bonchev–Trinajstić information content (AvgIpc) is 2.92. The summed E-state index contributed by atoms with van der Waals surface area (Å²) in [4.78, 5) is 15.9. The molecule has 7 heteroatoms. The van der Waals surface area contributed by atoms with Crippen molar-refractivity contribution >= 4 is 23.2 Å². The molecule has 0 saturated heterocycles. The highest BCUT2D eigenvalue weighted by molar-refractivity contribution is 6.31. The molecule has 6 nitrogen and oxygen atoms in total. The minimum absolute atomic E-state index is 0.0809. The number of hydrogen-bond donors (Lipinski definition) is 1. The van der Waals surface area contributed by atoms with E-state index in [4.69, 9.17) is 16.3 Å². The number of hydrogen-bond acceptors (Lipinski definition) is 4. The third kappa shape index (κ3) is 3.48. The molecular weight excluding hydrogens is 280 g/mol. The standard InChI is InChI=1S/C13H15ClN4O2/c1-9(18-8-15-7-16-18)5-13(19)17-11-6-10(14)3-4-12(11)20-2/h3-4,6-9H,5H2,1-2H3,(H,17,19)/t9-/m0/s1. The van der Waals surface area contributed by atoms with Crippen LogP contribution in [-0.2, 0) is 4.79 Å². The van der Waals surface area contributed by atoms with Crippen LogP contribution in [0, 0.1) is 0 Å². The Morgan fingerprint density at radius 3 is 3.00 bits per heavy atom. The van der Waals surface area contributed by atoms with E-state index in [1.54, 1.807) is 29.2 Å². The molecule has 0 radical (unpaired) electrons. The molecule has 106 valence electrons. The number of ether oxygens (including phenoxy) is 1. The molecule has 1 heterocycles. The van der Waals surface area contributed by atoms with Gasteiger partial charge in [-0.2, -0.15) is 5.10 Å². The highest BCUT2D eigenvalue weighted by Gasteiger charge is 2.13. The van der Waals surface area contributed by atoms with Crippen molar-refractivity contribution in [2.45, 2.75) is 19.4 Å². The summed E-state index contributed by atoms with van der Waals surface area (Å²) >= 11 is 5.91. The van der Waals surface area contributed by atoms with Gasteiger partial charge in [0.05, 0.1) is 18.8 Å². The molecule has 0 aliphatic rings. The summed E-state index contributed by atoms with van der Waals surface area (Å²) in [6.07, 6.45) is 3.30. The molecule has 0 aliphatic carbocycles. The number of anilines is 1. The van der Waals surface area contributed by atoms with Crippen LogP contribution in [0.2, 0.25) is 5.02 Å². The zero-order valence-electron chi connectivity index (χ0n) is 11.2. The number of benzene rings is 1. The minimum Gasteiger partial charge on any atom is -0.495 e. The smallest absolute Gasteiger partial charge is 0.226 e. The maximum Gasteiger partial charge on any atom is 0.226 e. The van der Waals surface area contributed by atoms with Gasteiger partial charge in [0.25, 0.3) is 0 Å². The van der Waals surface area contributed by atoms with Gasteiger partial charge in [-0.15, -0.1) is 0 Å². The predicted molar refractivity (Wildman–Crippen MR) is 76.0 cm³/mol. The van der Waals surface area contributed by atoms with E-state index < -0.39 is 0 Å². The van der Waals surface area contributed by atoms with E-state index in [1.165, 1.54) is 13.4 Å². The largest absolute Gasteiger partial charge is 0.495 e. The van der Waals surface area contributed by atoms with Gasteiger partial charge in [0.15, 0.2) is 0 Å². The molecule has 2 aromatic rings. The van der Waals surface area contributed by atoms with Gasteiger partial charge in [-0.25, -0.2) is 9.67 Å².